The second-order valence-electron chi connectivity index (χ2n) is 4.97. The molecule has 2 aromatic rings. The van der Waals surface area contributed by atoms with E-state index in [2.05, 4.69) is 37.4 Å². The van der Waals surface area contributed by atoms with E-state index in [1.54, 1.807) is 0 Å². The molecule has 0 aliphatic heterocycles. The zero-order valence-electron chi connectivity index (χ0n) is 11.8. The summed E-state index contributed by atoms with van der Waals surface area (Å²) in [5.41, 5.74) is 2.46. The highest BCUT2D eigenvalue weighted by molar-refractivity contribution is 5.39. The van der Waals surface area contributed by atoms with E-state index in [1.807, 2.05) is 37.4 Å². The first-order valence-corrected chi connectivity index (χ1v) is 6.71. The maximum atomic E-state index is 6.01. The van der Waals surface area contributed by atoms with Crippen LogP contribution in [0, 0.1) is 0 Å². The second kappa shape index (κ2) is 6.39. The molecule has 2 rings (SSSR count). The summed E-state index contributed by atoms with van der Waals surface area (Å²) in [5.74, 6) is 2.32. The lowest BCUT2D eigenvalue weighted by molar-refractivity contribution is 0.473. The predicted molar refractivity (Wildman–Crippen MR) is 79.8 cm³/mol. The smallest absolute Gasteiger partial charge is 0.131 e. The van der Waals surface area contributed by atoms with Gasteiger partial charge in [0.1, 0.15) is 11.5 Å². The Morgan fingerprint density at radius 3 is 2.58 bits per heavy atom. The lowest BCUT2D eigenvalue weighted by Gasteiger charge is -2.12. The molecule has 2 nitrogen and oxygen atoms in total. The average molecular weight is 255 g/mol. The summed E-state index contributed by atoms with van der Waals surface area (Å²) >= 11 is 0. The van der Waals surface area contributed by atoms with Gasteiger partial charge in [-0.3, -0.25) is 0 Å². The molecule has 19 heavy (non-hydrogen) atoms. The molecule has 2 aromatic carbocycles. The number of hydrogen-bond donors (Lipinski definition) is 1. The molecule has 0 aliphatic carbocycles. The molecule has 0 atom stereocenters. The van der Waals surface area contributed by atoms with Gasteiger partial charge >= 0.3 is 0 Å². The summed E-state index contributed by atoms with van der Waals surface area (Å²) in [6, 6.07) is 16.4. The molecule has 0 spiro atoms. The minimum atomic E-state index is 0.510. The van der Waals surface area contributed by atoms with Gasteiger partial charge in [-0.05, 0) is 36.7 Å². The fourth-order valence-corrected chi connectivity index (χ4v) is 2.00. The summed E-state index contributed by atoms with van der Waals surface area (Å²) in [5, 5.41) is 3.16. The molecule has 0 aromatic heterocycles. The largest absolute Gasteiger partial charge is 0.457 e. The average Bonchev–Trinajstić information content (AvgIpc) is 2.41. The van der Waals surface area contributed by atoms with Crippen LogP contribution in [0.1, 0.15) is 30.9 Å². The van der Waals surface area contributed by atoms with Gasteiger partial charge in [0.15, 0.2) is 0 Å². The van der Waals surface area contributed by atoms with Crippen LogP contribution >= 0.6 is 0 Å². The van der Waals surface area contributed by atoms with E-state index in [-0.39, 0.29) is 0 Å². The van der Waals surface area contributed by atoms with Gasteiger partial charge in [0.05, 0.1) is 0 Å². The standard InChI is InChI=1S/C17H21NO/c1-13(2)14-8-6-9-16(11-14)19-17-10-5-4-7-15(17)12-18-3/h4-11,13,18H,12H2,1-3H3. The van der Waals surface area contributed by atoms with Crippen molar-refractivity contribution in [3.8, 4) is 11.5 Å². The SMILES string of the molecule is CNCc1ccccc1Oc1cccc(C(C)C)c1. The number of nitrogens with one attached hydrogen (secondary N) is 1. The minimum absolute atomic E-state index is 0.510. The summed E-state index contributed by atoms with van der Waals surface area (Å²) < 4.78 is 6.01. The van der Waals surface area contributed by atoms with E-state index in [0.29, 0.717) is 5.92 Å². The molecule has 2 heteroatoms. The summed E-state index contributed by atoms with van der Waals surface area (Å²) in [6.45, 7) is 5.18. The van der Waals surface area contributed by atoms with Crippen LogP contribution in [0.2, 0.25) is 0 Å². The third-order valence-electron chi connectivity index (χ3n) is 3.09. The Morgan fingerprint density at radius 1 is 1.05 bits per heavy atom. The molecule has 1 N–H and O–H groups in total. The van der Waals surface area contributed by atoms with Crippen LogP contribution in [0.4, 0.5) is 0 Å². The quantitative estimate of drug-likeness (QED) is 0.859. The van der Waals surface area contributed by atoms with Gasteiger partial charge in [-0.1, -0.05) is 44.2 Å². The number of ether oxygens (including phenoxy) is 1. The molecule has 0 unspecified atom stereocenters. The van der Waals surface area contributed by atoms with Crippen LogP contribution in [0.3, 0.4) is 0 Å². The van der Waals surface area contributed by atoms with Crippen molar-refractivity contribution in [2.24, 2.45) is 0 Å². The molecule has 0 bridgehead atoms. The van der Waals surface area contributed by atoms with Gasteiger partial charge < -0.3 is 10.1 Å². The van der Waals surface area contributed by atoms with Crippen molar-refractivity contribution in [2.45, 2.75) is 26.3 Å². The Kier molecular flexibility index (Phi) is 4.58. The van der Waals surface area contributed by atoms with E-state index in [0.717, 1.165) is 18.0 Å². The van der Waals surface area contributed by atoms with Crippen molar-refractivity contribution in [2.75, 3.05) is 7.05 Å². The maximum absolute atomic E-state index is 6.01. The van der Waals surface area contributed by atoms with Crippen molar-refractivity contribution in [3.63, 3.8) is 0 Å². The Morgan fingerprint density at radius 2 is 1.84 bits per heavy atom. The van der Waals surface area contributed by atoms with E-state index in [4.69, 9.17) is 4.74 Å². The zero-order chi connectivity index (χ0) is 13.7. The van der Waals surface area contributed by atoms with Gasteiger partial charge in [0.2, 0.25) is 0 Å². The van der Waals surface area contributed by atoms with E-state index < -0.39 is 0 Å². The predicted octanol–water partition coefficient (Wildman–Crippen LogP) is 4.32. The van der Waals surface area contributed by atoms with Gasteiger partial charge in [-0.15, -0.1) is 0 Å². The number of benzene rings is 2. The topological polar surface area (TPSA) is 21.3 Å². The van der Waals surface area contributed by atoms with Crippen LogP contribution in [0.15, 0.2) is 48.5 Å². The van der Waals surface area contributed by atoms with Crippen LogP contribution in [0.25, 0.3) is 0 Å². The monoisotopic (exact) mass is 255 g/mol. The van der Waals surface area contributed by atoms with Crippen LogP contribution in [-0.2, 0) is 6.54 Å². The molecule has 0 aliphatic rings. The molecule has 0 saturated heterocycles. The molecule has 0 amide bonds. The number of rotatable bonds is 5. The lowest BCUT2D eigenvalue weighted by Crippen LogP contribution is -2.06. The summed E-state index contributed by atoms with van der Waals surface area (Å²) in [4.78, 5) is 0. The van der Waals surface area contributed by atoms with Gasteiger partial charge in [0, 0.05) is 12.1 Å². The molecular formula is C17H21NO. The molecule has 0 saturated carbocycles. The van der Waals surface area contributed by atoms with Gasteiger partial charge in [-0.25, -0.2) is 0 Å². The first kappa shape index (κ1) is 13.6. The van der Waals surface area contributed by atoms with Crippen LogP contribution in [0.5, 0.6) is 11.5 Å². The van der Waals surface area contributed by atoms with Crippen molar-refractivity contribution in [3.05, 3.63) is 59.7 Å². The maximum Gasteiger partial charge on any atom is 0.131 e. The van der Waals surface area contributed by atoms with Crippen molar-refractivity contribution < 1.29 is 4.74 Å². The molecule has 0 fully saturated rings. The number of para-hydroxylation sites is 1. The van der Waals surface area contributed by atoms with E-state index in [9.17, 15) is 0 Å². The molecule has 100 valence electrons. The lowest BCUT2D eigenvalue weighted by atomic mass is 10.0. The summed E-state index contributed by atoms with van der Waals surface area (Å²) in [6.07, 6.45) is 0. The third-order valence-corrected chi connectivity index (χ3v) is 3.09. The van der Waals surface area contributed by atoms with Gasteiger partial charge in [0.25, 0.3) is 0 Å². The Hall–Kier alpha value is -1.80. The fraction of sp³-hybridized carbons (Fsp3) is 0.294. The van der Waals surface area contributed by atoms with Crippen molar-refractivity contribution in [1.29, 1.82) is 0 Å². The van der Waals surface area contributed by atoms with E-state index >= 15 is 0 Å². The van der Waals surface area contributed by atoms with Crippen LogP contribution in [-0.4, -0.2) is 7.05 Å². The Bertz CT molecular complexity index is 534. The van der Waals surface area contributed by atoms with Crippen molar-refractivity contribution >= 4 is 0 Å². The van der Waals surface area contributed by atoms with Crippen LogP contribution < -0.4 is 10.1 Å². The molecular weight excluding hydrogens is 234 g/mol. The highest BCUT2D eigenvalue weighted by Crippen LogP contribution is 2.27. The Balaban J connectivity index is 2.23. The minimum Gasteiger partial charge on any atom is -0.457 e. The second-order valence-corrected chi connectivity index (χ2v) is 4.97. The molecule has 0 heterocycles. The fourth-order valence-electron chi connectivity index (χ4n) is 2.00. The number of hydrogen-bond acceptors (Lipinski definition) is 2. The Labute approximate surface area is 115 Å². The van der Waals surface area contributed by atoms with Crippen molar-refractivity contribution in [1.82, 2.24) is 5.32 Å². The normalized spacial score (nSPS) is 10.7. The highest BCUT2D eigenvalue weighted by atomic mass is 16.5. The molecule has 0 radical (unpaired) electrons. The first-order valence-electron chi connectivity index (χ1n) is 6.71. The third kappa shape index (κ3) is 3.58. The highest BCUT2D eigenvalue weighted by Gasteiger charge is 2.05. The first-order chi connectivity index (χ1) is 9.20. The van der Waals surface area contributed by atoms with Gasteiger partial charge in [-0.2, -0.15) is 0 Å². The summed E-state index contributed by atoms with van der Waals surface area (Å²) in [7, 11) is 1.94. The van der Waals surface area contributed by atoms with E-state index in [1.165, 1.54) is 11.1 Å². The zero-order valence-corrected chi connectivity index (χ0v) is 11.8.